The van der Waals surface area contributed by atoms with Gasteiger partial charge >= 0.3 is 0 Å². The molecule has 0 N–H and O–H groups in total. The van der Waals surface area contributed by atoms with E-state index in [9.17, 15) is 0 Å². The van der Waals surface area contributed by atoms with Crippen molar-refractivity contribution in [3.8, 4) is 0 Å². The molecule has 13 heavy (non-hydrogen) atoms. The van der Waals surface area contributed by atoms with Crippen molar-refractivity contribution < 1.29 is 0 Å². The van der Waals surface area contributed by atoms with Gasteiger partial charge in [-0.2, -0.15) is 0 Å². The summed E-state index contributed by atoms with van der Waals surface area (Å²) in [6.07, 6.45) is 0.855. The summed E-state index contributed by atoms with van der Waals surface area (Å²) in [6, 6.07) is 6.48. The minimum Gasteiger partial charge on any atom is -0.125 e. The maximum absolute atomic E-state index is 5.97. The van der Waals surface area contributed by atoms with Crippen LogP contribution < -0.4 is 0 Å². The zero-order valence-electron chi connectivity index (χ0n) is 7.98. The molecule has 0 spiro atoms. The highest BCUT2D eigenvalue weighted by atomic mass is 35.5. The quantitative estimate of drug-likeness (QED) is 0.677. The van der Waals surface area contributed by atoms with Crippen LogP contribution in [0.5, 0.6) is 0 Å². The van der Waals surface area contributed by atoms with Gasteiger partial charge in [0.25, 0.3) is 0 Å². The molecule has 0 aliphatic heterocycles. The lowest BCUT2D eigenvalue weighted by Gasteiger charge is -2.07. The summed E-state index contributed by atoms with van der Waals surface area (Å²) in [6.45, 7) is 4.20. The summed E-state index contributed by atoms with van der Waals surface area (Å²) in [5.74, 6) is 0.508. The Bertz CT molecular complexity index is 261. The van der Waals surface area contributed by atoms with Crippen molar-refractivity contribution in [1.29, 1.82) is 0 Å². The molecule has 0 saturated carbocycles. The first-order valence-electron chi connectivity index (χ1n) is 4.39. The third-order valence-electron chi connectivity index (χ3n) is 1.91. The van der Waals surface area contributed by atoms with Crippen LogP contribution in [-0.2, 0) is 6.42 Å². The van der Waals surface area contributed by atoms with Crippen molar-refractivity contribution in [3.63, 3.8) is 0 Å². The summed E-state index contributed by atoms with van der Waals surface area (Å²) in [4.78, 5) is 0. The van der Waals surface area contributed by atoms with E-state index in [1.807, 2.05) is 0 Å². The van der Waals surface area contributed by atoms with Gasteiger partial charge in [-0.05, 0) is 25.8 Å². The standard InChI is InChI=1S/C11H14Cl2/c1-8-3-9(2)5-10(4-8)6-11(13)7-12/h3-5,11H,6-7H2,1-2H3. The lowest BCUT2D eigenvalue weighted by molar-refractivity contribution is 0.934. The zero-order valence-corrected chi connectivity index (χ0v) is 9.49. The Balaban J connectivity index is 2.77. The molecular weight excluding hydrogens is 203 g/mol. The number of halogens is 2. The molecule has 0 aliphatic rings. The van der Waals surface area contributed by atoms with E-state index in [1.165, 1.54) is 16.7 Å². The van der Waals surface area contributed by atoms with Crippen LogP contribution >= 0.6 is 23.2 Å². The number of hydrogen-bond donors (Lipinski definition) is 0. The van der Waals surface area contributed by atoms with Gasteiger partial charge in [-0.3, -0.25) is 0 Å². The van der Waals surface area contributed by atoms with Crippen molar-refractivity contribution in [2.24, 2.45) is 0 Å². The molecule has 1 atom stereocenters. The second kappa shape index (κ2) is 4.88. The highest BCUT2D eigenvalue weighted by molar-refractivity contribution is 6.28. The molecule has 2 heteroatoms. The van der Waals surface area contributed by atoms with Gasteiger partial charge in [-0.15, -0.1) is 23.2 Å². The van der Waals surface area contributed by atoms with Crippen LogP contribution in [0.15, 0.2) is 18.2 Å². The molecule has 0 aromatic heterocycles. The van der Waals surface area contributed by atoms with E-state index in [0.717, 1.165) is 6.42 Å². The number of hydrogen-bond acceptors (Lipinski definition) is 0. The summed E-state index contributed by atoms with van der Waals surface area (Å²) < 4.78 is 0. The Kier molecular flexibility index (Phi) is 4.08. The third-order valence-corrected chi connectivity index (χ3v) is 2.75. The minimum atomic E-state index is 0.0443. The number of alkyl halides is 2. The SMILES string of the molecule is Cc1cc(C)cc(CC(Cl)CCl)c1. The van der Waals surface area contributed by atoms with Gasteiger partial charge in [-0.25, -0.2) is 0 Å². The topological polar surface area (TPSA) is 0 Å². The summed E-state index contributed by atoms with van der Waals surface area (Å²) in [7, 11) is 0. The Morgan fingerprint density at radius 3 is 2.15 bits per heavy atom. The van der Waals surface area contributed by atoms with E-state index in [2.05, 4.69) is 32.0 Å². The highest BCUT2D eigenvalue weighted by Crippen LogP contribution is 2.13. The smallest absolute Gasteiger partial charge is 0.0511 e. The van der Waals surface area contributed by atoms with Gasteiger partial charge < -0.3 is 0 Å². The molecule has 0 radical (unpaired) electrons. The minimum absolute atomic E-state index is 0.0443. The van der Waals surface area contributed by atoms with Gasteiger partial charge in [0.15, 0.2) is 0 Å². The van der Waals surface area contributed by atoms with E-state index >= 15 is 0 Å². The van der Waals surface area contributed by atoms with Crippen LogP contribution in [0.2, 0.25) is 0 Å². The second-order valence-electron chi connectivity index (χ2n) is 3.45. The van der Waals surface area contributed by atoms with Crippen LogP contribution in [0.1, 0.15) is 16.7 Å². The third kappa shape index (κ3) is 3.58. The molecule has 1 aromatic rings. The van der Waals surface area contributed by atoms with Crippen LogP contribution in [0.25, 0.3) is 0 Å². The maximum Gasteiger partial charge on any atom is 0.0511 e. The fraction of sp³-hybridized carbons (Fsp3) is 0.455. The first-order valence-corrected chi connectivity index (χ1v) is 5.36. The van der Waals surface area contributed by atoms with E-state index in [1.54, 1.807) is 0 Å². The fourth-order valence-electron chi connectivity index (χ4n) is 1.50. The van der Waals surface area contributed by atoms with Crippen LogP contribution in [-0.4, -0.2) is 11.3 Å². The molecule has 0 fully saturated rings. The Hall–Kier alpha value is -0.200. The van der Waals surface area contributed by atoms with Gasteiger partial charge in [0.05, 0.1) is 5.38 Å². The maximum atomic E-state index is 5.97. The fourth-order valence-corrected chi connectivity index (χ4v) is 1.78. The lowest BCUT2D eigenvalue weighted by Crippen LogP contribution is -2.04. The van der Waals surface area contributed by atoms with E-state index in [-0.39, 0.29) is 5.38 Å². The number of benzene rings is 1. The van der Waals surface area contributed by atoms with Gasteiger partial charge in [0.1, 0.15) is 0 Å². The average Bonchev–Trinajstić information content (AvgIpc) is 2.02. The molecule has 0 nitrogen and oxygen atoms in total. The largest absolute Gasteiger partial charge is 0.125 e. The molecule has 0 bridgehead atoms. The van der Waals surface area contributed by atoms with E-state index in [4.69, 9.17) is 23.2 Å². The molecule has 0 heterocycles. The molecule has 72 valence electrons. The Morgan fingerprint density at radius 1 is 1.15 bits per heavy atom. The normalized spacial score (nSPS) is 12.9. The average molecular weight is 217 g/mol. The molecule has 0 aliphatic carbocycles. The Morgan fingerprint density at radius 2 is 1.69 bits per heavy atom. The summed E-state index contributed by atoms with van der Waals surface area (Å²) >= 11 is 11.6. The van der Waals surface area contributed by atoms with Gasteiger partial charge in [-0.1, -0.05) is 29.3 Å². The highest BCUT2D eigenvalue weighted by Gasteiger charge is 2.04. The van der Waals surface area contributed by atoms with E-state index < -0.39 is 0 Å². The lowest BCUT2D eigenvalue weighted by atomic mass is 10.0. The van der Waals surface area contributed by atoms with Crippen LogP contribution in [0.4, 0.5) is 0 Å². The van der Waals surface area contributed by atoms with Gasteiger partial charge in [0, 0.05) is 5.88 Å². The number of aryl methyl sites for hydroxylation is 2. The van der Waals surface area contributed by atoms with Crippen LogP contribution in [0.3, 0.4) is 0 Å². The van der Waals surface area contributed by atoms with Crippen molar-refractivity contribution >= 4 is 23.2 Å². The van der Waals surface area contributed by atoms with Crippen LogP contribution in [0, 0.1) is 13.8 Å². The molecule has 0 saturated heterocycles. The molecule has 1 aromatic carbocycles. The molecule has 0 amide bonds. The van der Waals surface area contributed by atoms with Crippen molar-refractivity contribution in [2.75, 3.05) is 5.88 Å². The Labute approximate surface area is 89.9 Å². The summed E-state index contributed by atoms with van der Waals surface area (Å²) in [5, 5.41) is 0.0443. The zero-order chi connectivity index (χ0) is 9.84. The predicted molar refractivity (Wildman–Crippen MR) is 60.0 cm³/mol. The predicted octanol–water partition coefficient (Wildman–Crippen LogP) is 3.69. The molecule has 1 rings (SSSR count). The summed E-state index contributed by atoms with van der Waals surface area (Å²) in [5.41, 5.74) is 3.85. The monoisotopic (exact) mass is 216 g/mol. The molecular formula is C11H14Cl2. The van der Waals surface area contributed by atoms with Crippen molar-refractivity contribution in [3.05, 3.63) is 34.9 Å². The second-order valence-corrected chi connectivity index (χ2v) is 4.38. The first-order chi connectivity index (χ1) is 6.11. The van der Waals surface area contributed by atoms with Crippen molar-refractivity contribution in [2.45, 2.75) is 25.6 Å². The van der Waals surface area contributed by atoms with Crippen molar-refractivity contribution in [1.82, 2.24) is 0 Å². The van der Waals surface area contributed by atoms with E-state index in [0.29, 0.717) is 5.88 Å². The number of rotatable bonds is 3. The van der Waals surface area contributed by atoms with Gasteiger partial charge in [0.2, 0.25) is 0 Å². The molecule has 1 unspecified atom stereocenters. The first kappa shape index (κ1) is 10.9.